The maximum absolute atomic E-state index is 12.3. The highest BCUT2D eigenvalue weighted by atomic mass is 32.1. The Bertz CT molecular complexity index is 899. The van der Waals surface area contributed by atoms with E-state index in [2.05, 4.69) is 15.3 Å². The molecule has 3 rings (SSSR count). The summed E-state index contributed by atoms with van der Waals surface area (Å²) >= 11 is 1.23. The Labute approximate surface area is 130 Å². The van der Waals surface area contributed by atoms with E-state index in [0.717, 1.165) is 5.69 Å². The van der Waals surface area contributed by atoms with Crippen molar-refractivity contribution >= 4 is 27.5 Å². The molecule has 112 valence electrons. The molecule has 0 aliphatic carbocycles. The summed E-state index contributed by atoms with van der Waals surface area (Å²) in [5, 5.41) is 3.34. The lowest BCUT2D eigenvalue weighted by atomic mass is 10.2. The van der Waals surface area contributed by atoms with Crippen LogP contribution in [0.2, 0.25) is 0 Å². The van der Waals surface area contributed by atoms with Gasteiger partial charge in [-0.1, -0.05) is 6.07 Å². The second kappa shape index (κ2) is 5.69. The normalized spacial score (nSPS) is 10.8. The first kappa shape index (κ1) is 14.4. The van der Waals surface area contributed by atoms with E-state index in [-0.39, 0.29) is 11.5 Å². The van der Waals surface area contributed by atoms with Gasteiger partial charge in [0.05, 0.1) is 28.8 Å². The zero-order valence-corrected chi connectivity index (χ0v) is 13.0. The van der Waals surface area contributed by atoms with Crippen LogP contribution in [0, 0.1) is 6.92 Å². The molecule has 0 atom stereocenters. The van der Waals surface area contributed by atoms with E-state index < -0.39 is 0 Å². The zero-order chi connectivity index (χ0) is 15.7. The van der Waals surface area contributed by atoms with Crippen LogP contribution >= 0.6 is 11.3 Å². The highest BCUT2D eigenvalue weighted by molar-refractivity contribution is 7.20. The summed E-state index contributed by atoms with van der Waals surface area (Å²) in [5.74, 6) is -0.215. The van der Waals surface area contributed by atoms with E-state index in [1.807, 2.05) is 18.2 Å². The molecule has 0 fully saturated rings. The van der Waals surface area contributed by atoms with Crippen molar-refractivity contribution in [2.75, 3.05) is 0 Å². The molecule has 1 N–H and O–H groups in total. The van der Waals surface area contributed by atoms with Crippen LogP contribution in [0.4, 0.5) is 0 Å². The van der Waals surface area contributed by atoms with Crippen LogP contribution in [-0.4, -0.2) is 20.4 Å². The highest BCUT2D eigenvalue weighted by Gasteiger charge is 2.18. The summed E-state index contributed by atoms with van der Waals surface area (Å²) in [5.41, 5.74) is 1.32. The Morgan fingerprint density at radius 1 is 1.36 bits per heavy atom. The molecular formula is C15H14N4O2S. The van der Waals surface area contributed by atoms with Gasteiger partial charge in [0.1, 0.15) is 4.83 Å². The van der Waals surface area contributed by atoms with Crippen LogP contribution in [0.3, 0.4) is 0 Å². The molecule has 0 aliphatic heterocycles. The van der Waals surface area contributed by atoms with Gasteiger partial charge in [-0.2, -0.15) is 0 Å². The topological polar surface area (TPSA) is 76.9 Å². The van der Waals surface area contributed by atoms with Crippen molar-refractivity contribution < 1.29 is 4.79 Å². The first-order chi connectivity index (χ1) is 10.6. The Morgan fingerprint density at radius 3 is 2.91 bits per heavy atom. The second-order valence-electron chi connectivity index (χ2n) is 4.90. The number of rotatable bonds is 3. The quantitative estimate of drug-likeness (QED) is 0.797. The number of nitrogens with zero attached hydrogens (tertiary/aromatic N) is 3. The number of pyridine rings is 1. The third-order valence-corrected chi connectivity index (χ3v) is 4.57. The predicted molar refractivity (Wildman–Crippen MR) is 85.0 cm³/mol. The van der Waals surface area contributed by atoms with Gasteiger partial charge in [0, 0.05) is 13.2 Å². The summed E-state index contributed by atoms with van der Waals surface area (Å²) in [6.07, 6.45) is 3.15. The minimum atomic E-state index is -0.215. The Kier molecular flexibility index (Phi) is 3.72. The molecular weight excluding hydrogens is 300 g/mol. The smallest absolute Gasteiger partial charge is 0.262 e. The zero-order valence-electron chi connectivity index (χ0n) is 12.2. The summed E-state index contributed by atoms with van der Waals surface area (Å²) in [6, 6.07) is 5.53. The summed E-state index contributed by atoms with van der Waals surface area (Å²) < 4.78 is 1.41. The molecule has 0 bridgehead atoms. The van der Waals surface area contributed by atoms with E-state index in [1.165, 1.54) is 22.2 Å². The average Bonchev–Trinajstić information content (AvgIpc) is 2.87. The van der Waals surface area contributed by atoms with E-state index >= 15 is 0 Å². The van der Waals surface area contributed by atoms with Gasteiger partial charge in [-0.15, -0.1) is 11.3 Å². The molecule has 7 heteroatoms. The molecule has 0 saturated carbocycles. The molecule has 0 spiro atoms. The fourth-order valence-corrected chi connectivity index (χ4v) is 3.23. The molecule has 0 unspecified atom stereocenters. The number of carbonyl (C=O) groups is 1. The predicted octanol–water partition coefficient (Wildman–Crippen LogP) is 1.63. The van der Waals surface area contributed by atoms with Crippen molar-refractivity contribution in [1.29, 1.82) is 0 Å². The van der Waals surface area contributed by atoms with Gasteiger partial charge in [-0.25, -0.2) is 4.98 Å². The maximum atomic E-state index is 12.3. The van der Waals surface area contributed by atoms with Gasteiger partial charge in [-0.05, 0) is 24.6 Å². The fraction of sp³-hybridized carbons (Fsp3) is 0.200. The molecule has 1 amide bonds. The van der Waals surface area contributed by atoms with Crippen LogP contribution in [0.25, 0.3) is 10.2 Å². The molecule has 3 aromatic heterocycles. The van der Waals surface area contributed by atoms with Gasteiger partial charge >= 0.3 is 0 Å². The number of hydrogen-bond acceptors (Lipinski definition) is 5. The van der Waals surface area contributed by atoms with Gasteiger partial charge in [0.15, 0.2) is 0 Å². The van der Waals surface area contributed by atoms with Gasteiger partial charge < -0.3 is 9.88 Å². The molecule has 6 nitrogen and oxygen atoms in total. The Morgan fingerprint density at radius 2 is 2.18 bits per heavy atom. The van der Waals surface area contributed by atoms with Crippen molar-refractivity contribution in [1.82, 2.24) is 19.9 Å². The van der Waals surface area contributed by atoms with Crippen molar-refractivity contribution in [3.63, 3.8) is 0 Å². The van der Waals surface area contributed by atoms with E-state index in [1.54, 1.807) is 20.2 Å². The lowest BCUT2D eigenvalue weighted by Crippen LogP contribution is -2.23. The van der Waals surface area contributed by atoms with Crippen LogP contribution in [0.15, 0.2) is 35.5 Å². The number of nitrogens with one attached hydrogen (secondary N) is 1. The number of fused-ring (bicyclic) bond motifs is 1. The summed E-state index contributed by atoms with van der Waals surface area (Å²) in [4.78, 5) is 34.0. The largest absolute Gasteiger partial charge is 0.346 e. The number of amides is 1. The lowest BCUT2D eigenvalue weighted by molar-refractivity contribution is 0.0954. The Balaban J connectivity index is 1.90. The van der Waals surface area contributed by atoms with Crippen LogP contribution in [0.1, 0.15) is 20.9 Å². The minimum Gasteiger partial charge on any atom is -0.346 e. The van der Waals surface area contributed by atoms with E-state index in [4.69, 9.17) is 0 Å². The van der Waals surface area contributed by atoms with Crippen molar-refractivity contribution in [2.45, 2.75) is 13.5 Å². The average molecular weight is 314 g/mol. The first-order valence-electron chi connectivity index (χ1n) is 6.70. The number of hydrogen-bond donors (Lipinski definition) is 1. The standard InChI is InChI=1S/C15H14N4O2S/c1-9-11-14(18-8-19(2)15(11)21)22-12(9)13(20)17-7-10-5-3-4-6-16-10/h3-6,8H,7H2,1-2H3,(H,17,20). The second-order valence-corrected chi connectivity index (χ2v) is 5.90. The molecule has 0 radical (unpaired) electrons. The van der Waals surface area contributed by atoms with Crippen LogP contribution in [-0.2, 0) is 13.6 Å². The van der Waals surface area contributed by atoms with Crippen molar-refractivity contribution in [2.24, 2.45) is 7.05 Å². The Hall–Kier alpha value is -2.54. The molecule has 0 aromatic carbocycles. The van der Waals surface area contributed by atoms with Crippen LogP contribution in [0.5, 0.6) is 0 Å². The summed E-state index contributed by atoms with van der Waals surface area (Å²) in [7, 11) is 1.65. The van der Waals surface area contributed by atoms with E-state index in [9.17, 15) is 9.59 Å². The van der Waals surface area contributed by atoms with E-state index in [0.29, 0.717) is 27.2 Å². The molecule has 22 heavy (non-hydrogen) atoms. The molecule has 3 aromatic rings. The van der Waals surface area contributed by atoms with Crippen molar-refractivity contribution in [3.05, 3.63) is 57.2 Å². The molecule has 0 aliphatic rings. The highest BCUT2D eigenvalue weighted by Crippen LogP contribution is 2.26. The van der Waals surface area contributed by atoms with Gasteiger partial charge in [0.25, 0.3) is 11.5 Å². The first-order valence-corrected chi connectivity index (χ1v) is 7.52. The SMILES string of the molecule is Cc1c(C(=O)NCc2ccccn2)sc2ncn(C)c(=O)c12. The monoisotopic (exact) mass is 314 g/mol. The summed E-state index contributed by atoms with van der Waals surface area (Å²) in [6.45, 7) is 2.12. The number of aryl methyl sites for hydroxylation is 2. The fourth-order valence-electron chi connectivity index (χ4n) is 2.18. The number of carbonyl (C=O) groups excluding carboxylic acids is 1. The minimum absolute atomic E-state index is 0.137. The van der Waals surface area contributed by atoms with Gasteiger partial charge in [0.2, 0.25) is 0 Å². The number of aromatic nitrogens is 3. The maximum Gasteiger partial charge on any atom is 0.262 e. The van der Waals surface area contributed by atoms with Gasteiger partial charge in [-0.3, -0.25) is 14.6 Å². The molecule has 0 saturated heterocycles. The third kappa shape index (κ3) is 2.50. The number of thiophene rings is 1. The lowest BCUT2D eigenvalue weighted by Gasteiger charge is -2.03. The van der Waals surface area contributed by atoms with Crippen molar-refractivity contribution in [3.8, 4) is 0 Å². The third-order valence-electron chi connectivity index (χ3n) is 3.37. The van der Waals surface area contributed by atoms with Crippen LogP contribution < -0.4 is 10.9 Å². The molecule has 3 heterocycles.